The maximum atomic E-state index is 13.4. The Bertz CT molecular complexity index is 578. The van der Waals surface area contributed by atoms with Crippen LogP contribution < -0.4 is 0 Å². The summed E-state index contributed by atoms with van der Waals surface area (Å²) in [6.07, 6.45) is 2.37. The quantitative estimate of drug-likeness (QED) is 0.730. The van der Waals surface area contributed by atoms with Gasteiger partial charge in [0.2, 0.25) is 0 Å². The highest BCUT2D eigenvalue weighted by Crippen LogP contribution is 2.42. The summed E-state index contributed by atoms with van der Waals surface area (Å²) in [5.41, 5.74) is 1.68. The summed E-state index contributed by atoms with van der Waals surface area (Å²) in [5.74, 6) is -1.13. The average Bonchev–Trinajstić information content (AvgIpc) is 3.06. The summed E-state index contributed by atoms with van der Waals surface area (Å²) >= 11 is 4.55. The number of thiazole rings is 1. The molecule has 1 aromatic heterocycles. The van der Waals surface area contributed by atoms with Crippen molar-refractivity contribution in [1.29, 1.82) is 0 Å². The molecule has 0 aliphatic heterocycles. The van der Waals surface area contributed by atoms with Crippen molar-refractivity contribution < 1.29 is 8.78 Å². The van der Waals surface area contributed by atoms with Crippen molar-refractivity contribution in [2.75, 3.05) is 0 Å². The van der Waals surface area contributed by atoms with Crippen LogP contribution in [0.1, 0.15) is 24.5 Å². The Kier molecular flexibility index (Phi) is 2.75. The van der Waals surface area contributed by atoms with E-state index in [1.165, 1.54) is 24.2 Å². The van der Waals surface area contributed by atoms with E-state index in [1.54, 1.807) is 6.07 Å². The topological polar surface area (TPSA) is 12.9 Å². The molecular formula is C12H8BrF2NS. The molecule has 1 nitrogen and oxygen atoms in total. The second kappa shape index (κ2) is 4.14. The van der Waals surface area contributed by atoms with Gasteiger partial charge in [0, 0.05) is 16.9 Å². The van der Waals surface area contributed by atoms with E-state index in [0.29, 0.717) is 11.5 Å². The van der Waals surface area contributed by atoms with Crippen LogP contribution in [0.2, 0.25) is 0 Å². The first-order valence-electron chi connectivity index (χ1n) is 5.26. The van der Waals surface area contributed by atoms with Crippen molar-refractivity contribution in [3.63, 3.8) is 0 Å². The van der Waals surface area contributed by atoms with E-state index in [9.17, 15) is 8.78 Å². The number of aromatic nitrogens is 1. The number of hydrogen-bond acceptors (Lipinski definition) is 2. The fourth-order valence-corrected chi connectivity index (χ4v) is 3.24. The minimum atomic E-state index is -0.856. The van der Waals surface area contributed by atoms with Gasteiger partial charge < -0.3 is 0 Å². The molecule has 1 fully saturated rings. The molecule has 0 amide bonds. The molecule has 0 spiro atoms. The molecule has 0 atom stereocenters. The second-order valence-electron chi connectivity index (χ2n) is 4.07. The zero-order chi connectivity index (χ0) is 12.0. The first-order valence-corrected chi connectivity index (χ1v) is 6.93. The van der Waals surface area contributed by atoms with Gasteiger partial charge in [0.05, 0.1) is 10.2 Å². The predicted octanol–water partition coefficient (Wildman–Crippen LogP) is 4.73. The largest absolute Gasteiger partial charge is 0.241 e. The summed E-state index contributed by atoms with van der Waals surface area (Å²) in [7, 11) is 0. The molecule has 0 radical (unpaired) electrons. The third-order valence-electron chi connectivity index (χ3n) is 2.78. The molecule has 0 N–H and O–H groups in total. The number of halogens is 3. The highest BCUT2D eigenvalue weighted by molar-refractivity contribution is 9.10. The Hall–Kier alpha value is -0.810. The smallest absolute Gasteiger partial charge is 0.173 e. The summed E-state index contributed by atoms with van der Waals surface area (Å²) in [4.78, 5) is 4.47. The molecule has 17 heavy (non-hydrogen) atoms. The Morgan fingerprint density at radius 3 is 2.76 bits per heavy atom. The molecule has 2 aromatic rings. The molecule has 1 aliphatic rings. The van der Waals surface area contributed by atoms with Crippen molar-refractivity contribution in [3.8, 4) is 10.6 Å². The molecule has 1 saturated carbocycles. The van der Waals surface area contributed by atoms with Crippen LogP contribution in [0.15, 0.2) is 22.0 Å². The standard InChI is InChI=1S/C12H8BrF2NS/c13-10-7(3-4-8(14)11(10)15)12-16-9(5-17-12)6-1-2-6/h3-6H,1-2H2. The van der Waals surface area contributed by atoms with Gasteiger partial charge in [-0.05, 0) is 40.9 Å². The van der Waals surface area contributed by atoms with Crippen LogP contribution in [0, 0.1) is 11.6 Å². The van der Waals surface area contributed by atoms with Gasteiger partial charge in [-0.1, -0.05) is 0 Å². The van der Waals surface area contributed by atoms with Crippen LogP contribution in [0.4, 0.5) is 8.78 Å². The van der Waals surface area contributed by atoms with Crippen LogP contribution in [0.5, 0.6) is 0 Å². The molecule has 0 bridgehead atoms. The molecule has 88 valence electrons. The third-order valence-corrected chi connectivity index (χ3v) is 4.45. The van der Waals surface area contributed by atoms with Crippen LogP contribution in [0.3, 0.4) is 0 Å². The molecular weight excluding hydrogens is 308 g/mol. The second-order valence-corrected chi connectivity index (χ2v) is 5.73. The lowest BCUT2D eigenvalue weighted by Crippen LogP contribution is -1.89. The SMILES string of the molecule is Fc1ccc(-c2nc(C3CC3)cs2)c(Br)c1F. The van der Waals surface area contributed by atoms with Gasteiger partial charge in [-0.2, -0.15) is 0 Å². The van der Waals surface area contributed by atoms with Crippen molar-refractivity contribution in [1.82, 2.24) is 4.98 Å². The first-order chi connectivity index (χ1) is 8.16. The number of hydrogen-bond donors (Lipinski definition) is 0. The minimum absolute atomic E-state index is 0.147. The van der Waals surface area contributed by atoms with E-state index in [2.05, 4.69) is 20.9 Å². The fourth-order valence-electron chi connectivity index (χ4n) is 1.67. The highest BCUT2D eigenvalue weighted by Gasteiger charge is 2.26. The van der Waals surface area contributed by atoms with Gasteiger partial charge in [0.25, 0.3) is 0 Å². The molecule has 5 heteroatoms. The van der Waals surface area contributed by atoms with Gasteiger partial charge in [0.15, 0.2) is 11.6 Å². The van der Waals surface area contributed by atoms with Gasteiger partial charge in [-0.25, -0.2) is 13.8 Å². The summed E-state index contributed by atoms with van der Waals surface area (Å²) in [6.45, 7) is 0. The minimum Gasteiger partial charge on any atom is -0.241 e. The van der Waals surface area contributed by atoms with Crippen molar-refractivity contribution in [2.45, 2.75) is 18.8 Å². The van der Waals surface area contributed by atoms with Crippen LogP contribution in [0.25, 0.3) is 10.6 Å². The number of rotatable bonds is 2. The van der Waals surface area contributed by atoms with E-state index >= 15 is 0 Å². The fraction of sp³-hybridized carbons (Fsp3) is 0.250. The lowest BCUT2D eigenvalue weighted by molar-refractivity contribution is 0.505. The number of nitrogens with zero attached hydrogens (tertiary/aromatic N) is 1. The normalized spacial score (nSPS) is 15.2. The Balaban J connectivity index is 2.05. The monoisotopic (exact) mass is 315 g/mol. The molecule has 1 aromatic carbocycles. The van der Waals surface area contributed by atoms with Gasteiger partial charge in [-0.15, -0.1) is 11.3 Å². The summed E-state index contributed by atoms with van der Waals surface area (Å²) < 4.78 is 26.6. The van der Waals surface area contributed by atoms with Crippen molar-refractivity contribution >= 4 is 27.3 Å². The van der Waals surface area contributed by atoms with Gasteiger partial charge in [0.1, 0.15) is 5.01 Å². The van der Waals surface area contributed by atoms with E-state index in [-0.39, 0.29) is 4.47 Å². The zero-order valence-electron chi connectivity index (χ0n) is 8.71. The third kappa shape index (κ3) is 2.02. The van der Waals surface area contributed by atoms with E-state index in [1.807, 2.05) is 5.38 Å². The predicted molar refractivity (Wildman–Crippen MR) is 67.1 cm³/mol. The molecule has 0 unspecified atom stereocenters. The van der Waals surface area contributed by atoms with Crippen LogP contribution >= 0.6 is 27.3 Å². The van der Waals surface area contributed by atoms with E-state index in [0.717, 1.165) is 16.8 Å². The summed E-state index contributed by atoms with van der Waals surface area (Å²) in [5, 5.41) is 2.73. The average molecular weight is 316 g/mol. The first kappa shape index (κ1) is 11.3. The Labute approximate surface area is 110 Å². The van der Waals surface area contributed by atoms with Crippen molar-refractivity contribution in [3.05, 3.63) is 39.3 Å². The molecule has 1 aliphatic carbocycles. The molecule has 3 rings (SSSR count). The Morgan fingerprint density at radius 1 is 1.29 bits per heavy atom. The Morgan fingerprint density at radius 2 is 2.06 bits per heavy atom. The summed E-state index contributed by atoms with van der Waals surface area (Å²) in [6, 6.07) is 2.69. The maximum absolute atomic E-state index is 13.4. The number of benzene rings is 1. The van der Waals surface area contributed by atoms with Crippen LogP contribution in [-0.2, 0) is 0 Å². The highest BCUT2D eigenvalue weighted by atomic mass is 79.9. The lowest BCUT2D eigenvalue weighted by Gasteiger charge is -2.02. The zero-order valence-corrected chi connectivity index (χ0v) is 11.1. The van der Waals surface area contributed by atoms with E-state index < -0.39 is 11.6 Å². The maximum Gasteiger partial charge on any atom is 0.173 e. The molecule has 1 heterocycles. The van der Waals surface area contributed by atoms with E-state index in [4.69, 9.17) is 0 Å². The van der Waals surface area contributed by atoms with Crippen molar-refractivity contribution in [2.24, 2.45) is 0 Å². The lowest BCUT2D eigenvalue weighted by atomic mass is 10.2. The van der Waals surface area contributed by atoms with Gasteiger partial charge >= 0.3 is 0 Å². The van der Waals surface area contributed by atoms with Crippen LogP contribution in [-0.4, -0.2) is 4.98 Å². The molecule has 0 saturated heterocycles. The van der Waals surface area contributed by atoms with Gasteiger partial charge in [-0.3, -0.25) is 0 Å².